The maximum atomic E-state index is 12.9. The van der Waals surface area contributed by atoms with Crippen LogP contribution in [0.15, 0.2) is 57.4 Å². The molecule has 0 aliphatic rings. The second-order valence-corrected chi connectivity index (χ2v) is 5.30. The topological polar surface area (TPSA) is 68.0 Å². The molecule has 0 unspecified atom stereocenters. The highest BCUT2D eigenvalue weighted by Crippen LogP contribution is 2.19. The van der Waals surface area contributed by atoms with Crippen LogP contribution in [0.5, 0.6) is 0 Å². The molecule has 2 aromatic carbocycles. The molecule has 3 aromatic rings. The van der Waals surface area contributed by atoms with Crippen molar-refractivity contribution in [1.82, 2.24) is 10.2 Å². The van der Waals surface area contributed by atoms with Gasteiger partial charge in [0.25, 0.3) is 0 Å². The van der Waals surface area contributed by atoms with Crippen LogP contribution in [0.3, 0.4) is 0 Å². The molecule has 0 aliphatic heterocycles. The fourth-order valence-corrected chi connectivity index (χ4v) is 2.01. The van der Waals surface area contributed by atoms with Gasteiger partial charge in [0, 0.05) is 15.7 Å². The van der Waals surface area contributed by atoms with Crippen LogP contribution < -0.4 is 5.32 Å². The molecular weight excluding hydrogens is 353 g/mol. The summed E-state index contributed by atoms with van der Waals surface area (Å²) in [6.45, 7) is 0. The van der Waals surface area contributed by atoms with Crippen molar-refractivity contribution in [2.24, 2.45) is 0 Å². The molecule has 110 valence electrons. The molecule has 3 rings (SSSR count). The number of anilines is 1. The summed E-state index contributed by atoms with van der Waals surface area (Å²) in [5.74, 6) is -0.886. The number of carbonyl (C=O) groups excluding carboxylic acids is 1. The number of nitrogens with one attached hydrogen (secondary N) is 1. The van der Waals surface area contributed by atoms with Crippen molar-refractivity contribution in [2.75, 3.05) is 5.32 Å². The van der Waals surface area contributed by atoms with E-state index in [1.165, 1.54) is 24.3 Å². The number of amides is 1. The Hall–Kier alpha value is -2.54. The summed E-state index contributed by atoms with van der Waals surface area (Å²) < 4.78 is 19.1. The van der Waals surface area contributed by atoms with Gasteiger partial charge in [-0.25, -0.2) is 4.39 Å². The van der Waals surface area contributed by atoms with Crippen molar-refractivity contribution in [2.45, 2.75) is 0 Å². The molecule has 5 nitrogen and oxygen atoms in total. The van der Waals surface area contributed by atoms with Gasteiger partial charge in [-0.3, -0.25) is 4.79 Å². The van der Waals surface area contributed by atoms with E-state index in [9.17, 15) is 9.18 Å². The summed E-state index contributed by atoms with van der Waals surface area (Å²) in [5.41, 5.74) is 1.14. The molecule has 7 heteroatoms. The third kappa shape index (κ3) is 3.20. The maximum absolute atomic E-state index is 12.9. The Morgan fingerprint density at radius 2 is 1.73 bits per heavy atom. The molecule has 0 saturated heterocycles. The summed E-state index contributed by atoms with van der Waals surface area (Å²) in [5, 5.41) is 10.1. The number of aromatic nitrogens is 2. The Morgan fingerprint density at radius 3 is 2.41 bits per heavy atom. The average Bonchev–Trinajstić information content (AvgIpc) is 3.00. The highest BCUT2D eigenvalue weighted by Gasteiger charge is 2.16. The highest BCUT2D eigenvalue weighted by molar-refractivity contribution is 9.10. The molecule has 1 heterocycles. The van der Waals surface area contributed by atoms with E-state index in [0.29, 0.717) is 11.3 Å². The second kappa shape index (κ2) is 6.07. The minimum atomic E-state index is -0.511. The van der Waals surface area contributed by atoms with Gasteiger partial charge >= 0.3 is 11.8 Å². The van der Waals surface area contributed by atoms with Gasteiger partial charge in [-0.15, -0.1) is 10.2 Å². The van der Waals surface area contributed by atoms with Crippen molar-refractivity contribution in [3.05, 3.63) is 64.7 Å². The van der Waals surface area contributed by atoms with E-state index in [0.717, 1.165) is 4.47 Å². The molecule has 0 atom stereocenters. The van der Waals surface area contributed by atoms with Gasteiger partial charge in [-0.2, -0.15) is 0 Å². The smallest absolute Gasteiger partial charge is 0.313 e. The maximum Gasteiger partial charge on any atom is 0.313 e. The Morgan fingerprint density at radius 1 is 1.05 bits per heavy atom. The van der Waals surface area contributed by atoms with Crippen LogP contribution in [0.4, 0.5) is 10.1 Å². The standard InChI is InChI=1S/C15H9BrFN3O2/c16-10-3-7-12(8-4-10)18-13(21)15-20-19-14(22-15)9-1-5-11(17)6-2-9/h1-8H,(H,18,21). The van der Waals surface area contributed by atoms with Gasteiger partial charge < -0.3 is 9.73 Å². The number of hydrogen-bond acceptors (Lipinski definition) is 4. The van der Waals surface area contributed by atoms with Gasteiger partial charge in [0.15, 0.2) is 0 Å². The van der Waals surface area contributed by atoms with Gasteiger partial charge in [0.05, 0.1) is 0 Å². The minimum absolute atomic E-state index is 0.154. The summed E-state index contributed by atoms with van der Waals surface area (Å²) in [6, 6.07) is 12.6. The molecule has 22 heavy (non-hydrogen) atoms. The van der Waals surface area contributed by atoms with Crippen molar-refractivity contribution >= 4 is 27.5 Å². The summed E-state index contributed by atoms with van der Waals surface area (Å²) in [7, 11) is 0. The van der Waals surface area contributed by atoms with Crippen molar-refractivity contribution in [3.63, 3.8) is 0 Å². The Bertz CT molecular complexity index is 800. The van der Waals surface area contributed by atoms with Crippen LogP contribution >= 0.6 is 15.9 Å². The molecular formula is C15H9BrFN3O2. The molecule has 0 aliphatic carbocycles. The van der Waals surface area contributed by atoms with E-state index in [1.54, 1.807) is 24.3 Å². The van der Waals surface area contributed by atoms with Crippen molar-refractivity contribution in [1.29, 1.82) is 0 Å². The molecule has 1 amide bonds. The highest BCUT2D eigenvalue weighted by atomic mass is 79.9. The SMILES string of the molecule is O=C(Nc1ccc(Br)cc1)c1nnc(-c2ccc(F)cc2)o1. The monoisotopic (exact) mass is 361 g/mol. The van der Waals surface area contributed by atoms with Crippen molar-refractivity contribution in [3.8, 4) is 11.5 Å². The first-order valence-electron chi connectivity index (χ1n) is 6.28. The number of halogens is 2. The molecule has 0 fully saturated rings. The fourth-order valence-electron chi connectivity index (χ4n) is 1.74. The van der Waals surface area contributed by atoms with E-state index < -0.39 is 5.91 Å². The van der Waals surface area contributed by atoms with Gasteiger partial charge in [0.1, 0.15) is 5.82 Å². The van der Waals surface area contributed by atoms with Crippen LogP contribution in [0.2, 0.25) is 0 Å². The quantitative estimate of drug-likeness (QED) is 0.768. The van der Waals surface area contributed by atoms with E-state index >= 15 is 0 Å². The lowest BCUT2D eigenvalue weighted by Gasteiger charge is -2.01. The van der Waals surface area contributed by atoms with Crippen LogP contribution in [0.25, 0.3) is 11.5 Å². The lowest BCUT2D eigenvalue weighted by atomic mass is 10.2. The van der Waals surface area contributed by atoms with Crippen LogP contribution in [0.1, 0.15) is 10.7 Å². The zero-order valence-corrected chi connectivity index (χ0v) is 12.7. The zero-order valence-electron chi connectivity index (χ0n) is 11.1. The first-order chi connectivity index (χ1) is 10.6. The third-order valence-corrected chi connectivity index (χ3v) is 3.34. The summed E-state index contributed by atoms with van der Waals surface area (Å²) in [6.07, 6.45) is 0. The largest absolute Gasteiger partial charge is 0.412 e. The predicted molar refractivity (Wildman–Crippen MR) is 81.8 cm³/mol. The first-order valence-corrected chi connectivity index (χ1v) is 7.07. The predicted octanol–water partition coefficient (Wildman–Crippen LogP) is 3.89. The van der Waals surface area contributed by atoms with Crippen LogP contribution in [-0.2, 0) is 0 Å². The van der Waals surface area contributed by atoms with Crippen LogP contribution in [-0.4, -0.2) is 16.1 Å². The Kier molecular flexibility index (Phi) is 3.97. The minimum Gasteiger partial charge on any atom is -0.412 e. The number of benzene rings is 2. The summed E-state index contributed by atoms with van der Waals surface area (Å²) in [4.78, 5) is 12.0. The lowest BCUT2D eigenvalue weighted by Crippen LogP contribution is -2.12. The number of rotatable bonds is 3. The van der Waals surface area contributed by atoms with E-state index in [1.807, 2.05) is 0 Å². The molecule has 0 spiro atoms. The van der Waals surface area contributed by atoms with Gasteiger partial charge in [0.2, 0.25) is 5.89 Å². The number of nitrogens with zero attached hydrogens (tertiary/aromatic N) is 2. The Labute approximate surface area is 133 Å². The zero-order chi connectivity index (χ0) is 15.5. The van der Waals surface area contributed by atoms with Crippen LogP contribution in [0, 0.1) is 5.82 Å². The first kappa shape index (κ1) is 14.4. The number of hydrogen-bond donors (Lipinski definition) is 1. The lowest BCUT2D eigenvalue weighted by molar-refractivity contribution is 0.0991. The summed E-state index contributed by atoms with van der Waals surface area (Å²) >= 11 is 3.31. The van der Waals surface area contributed by atoms with E-state index in [4.69, 9.17) is 4.42 Å². The van der Waals surface area contributed by atoms with E-state index in [-0.39, 0.29) is 17.6 Å². The molecule has 0 bridgehead atoms. The Balaban J connectivity index is 1.76. The van der Waals surface area contributed by atoms with Crippen molar-refractivity contribution < 1.29 is 13.6 Å². The van der Waals surface area contributed by atoms with Gasteiger partial charge in [-0.05, 0) is 48.5 Å². The van der Waals surface area contributed by atoms with E-state index in [2.05, 4.69) is 31.4 Å². The molecule has 1 N–H and O–H groups in total. The normalized spacial score (nSPS) is 10.5. The second-order valence-electron chi connectivity index (χ2n) is 4.38. The molecule has 1 aromatic heterocycles. The number of carbonyl (C=O) groups is 1. The molecule has 0 saturated carbocycles. The third-order valence-electron chi connectivity index (χ3n) is 2.81. The molecule has 0 radical (unpaired) electrons. The van der Waals surface area contributed by atoms with Gasteiger partial charge in [-0.1, -0.05) is 15.9 Å². The average molecular weight is 362 g/mol. The fraction of sp³-hybridized carbons (Fsp3) is 0.